The van der Waals surface area contributed by atoms with Crippen molar-refractivity contribution >= 4 is 40.1 Å². The van der Waals surface area contributed by atoms with E-state index in [4.69, 9.17) is 16.3 Å². The summed E-state index contributed by atoms with van der Waals surface area (Å²) in [5, 5.41) is 8.20. The van der Waals surface area contributed by atoms with Gasteiger partial charge in [0.1, 0.15) is 12.4 Å². The predicted molar refractivity (Wildman–Crippen MR) is 141 cm³/mol. The van der Waals surface area contributed by atoms with Gasteiger partial charge in [-0.05, 0) is 59.2 Å². The Morgan fingerprint density at radius 1 is 1.03 bits per heavy atom. The number of benzene rings is 3. The van der Waals surface area contributed by atoms with Gasteiger partial charge in [-0.3, -0.25) is 4.79 Å². The number of nitrogens with zero attached hydrogens (tertiary/aromatic N) is 1. The van der Waals surface area contributed by atoms with Crippen LogP contribution in [-0.4, -0.2) is 30.0 Å². The number of ether oxygens (including phenoxy) is 1. The van der Waals surface area contributed by atoms with Gasteiger partial charge in [0.05, 0.1) is 11.2 Å². The number of amides is 1. The highest BCUT2D eigenvalue weighted by Gasteiger charge is 2.21. The van der Waals surface area contributed by atoms with Crippen LogP contribution in [0.25, 0.3) is 22.6 Å². The predicted octanol–water partition coefficient (Wildman–Crippen LogP) is 5.49. The molecule has 6 heteroatoms. The van der Waals surface area contributed by atoms with Crippen molar-refractivity contribution in [1.82, 2.24) is 15.6 Å². The number of hydrogen-bond acceptors (Lipinski definition) is 4. The maximum atomic E-state index is 11.6. The van der Waals surface area contributed by atoms with E-state index >= 15 is 0 Å². The molecule has 176 valence electrons. The fourth-order valence-electron chi connectivity index (χ4n) is 4.11. The van der Waals surface area contributed by atoms with Crippen LogP contribution in [0.4, 0.5) is 0 Å². The van der Waals surface area contributed by atoms with Crippen molar-refractivity contribution in [2.75, 3.05) is 13.1 Å². The van der Waals surface area contributed by atoms with Crippen LogP contribution in [0.2, 0.25) is 5.02 Å². The molecule has 0 bridgehead atoms. The number of hydrogen-bond donors (Lipinski definition) is 2. The smallest absolute Gasteiger partial charge is 0.221 e. The molecule has 1 saturated heterocycles. The first-order valence-corrected chi connectivity index (χ1v) is 12.0. The second kappa shape index (κ2) is 10.7. The molecule has 0 saturated carbocycles. The summed E-state index contributed by atoms with van der Waals surface area (Å²) in [6, 6.07) is 28.1. The SMILES string of the molecule is O=C1CC(NCC(=Cc2ccc(Cl)cc2)c2ccc(OCc3ccc4ccccc4n3)cc2)CN1. The van der Waals surface area contributed by atoms with E-state index in [0.717, 1.165) is 39.0 Å². The van der Waals surface area contributed by atoms with Gasteiger partial charge in [0, 0.05) is 36.0 Å². The van der Waals surface area contributed by atoms with Crippen LogP contribution in [0.1, 0.15) is 23.2 Å². The zero-order valence-corrected chi connectivity index (χ0v) is 20.0. The zero-order valence-electron chi connectivity index (χ0n) is 19.2. The zero-order chi connectivity index (χ0) is 24.0. The Morgan fingerprint density at radius 2 is 1.83 bits per heavy atom. The summed E-state index contributed by atoms with van der Waals surface area (Å²) < 4.78 is 6.00. The second-order valence-corrected chi connectivity index (χ2v) is 9.05. The average Bonchev–Trinajstić information content (AvgIpc) is 3.31. The van der Waals surface area contributed by atoms with Crippen LogP contribution in [0, 0.1) is 0 Å². The Bertz CT molecular complexity index is 1350. The first-order valence-electron chi connectivity index (χ1n) is 11.7. The quantitative estimate of drug-likeness (QED) is 0.325. The van der Waals surface area contributed by atoms with E-state index in [2.05, 4.69) is 46.0 Å². The van der Waals surface area contributed by atoms with E-state index in [0.29, 0.717) is 31.1 Å². The number of fused-ring (bicyclic) bond motifs is 1. The third kappa shape index (κ3) is 6.07. The Morgan fingerprint density at radius 3 is 2.60 bits per heavy atom. The van der Waals surface area contributed by atoms with Crippen molar-refractivity contribution in [3.63, 3.8) is 0 Å². The number of nitrogens with one attached hydrogen (secondary N) is 2. The largest absolute Gasteiger partial charge is 0.487 e. The molecule has 3 aromatic carbocycles. The van der Waals surface area contributed by atoms with Crippen molar-refractivity contribution in [3.05, 3.63) is 107 Å². The van der Waals surface area contributed by atoms with Crippen molar-refractivity contribution in [2.24, 2.45) is 0 Å². The highest BCUT2D eigenvalue weighted by molar-refractivity contribution is 6.30. The first kappa shape index (κ1) is 23.1. The molecule has 2 N–H and O–H groups in total. The van der Waals surface area contributed by atoms with Crippen LogP contribution in [0.5, 0.6) is 5.75 Å². The van der Waals surface area contributed by atoms with Crippen LogP contribution in [0.15, 0.2) is 84.9 Å². The van der Waals surface area contributed by atoms with Gasteiger partial charge in [-0.2, -0.15) is 0 Å². The normalized spacial score (nSPS) is 15.9. The van der Waals surface area contributed by atoms with Crippen LogP contribution >= 0.6 is 11.6 Å². The number of rotatable bonds is 8. The van der Waals surface area contributed by atoms with Crippen molar-refractivity contribution in [1.29, 1.82) is 0 Å². The lowest BCUT2D eigenvalue weighted by molar-refractivity contribution is -0.119. The maximum absolute atomic E-state index is 11.6. The summed E-state index contributed by atoms with van der Waals surface area (Å²) in [4.78, 5) is 16.2. The topological polar surface area (TPSA) is 63.2 Å². The number of para-hydroxylation sites is 1. The minimum atomic E-state index is 0.0909. The first-order chi connectivity index (χ1) is 17.1. The minimum Gasteiger partial charge on any atom is -0.487 e. The Kier molecular flexibility index (Phi) is 7.07. The van der Waals surface area contributed by atoms with E-state index in [1.54, 1.807) is 0 Å². The molecule has 1 aliphatic heterocycles. The molecule has 1 fully saturated rings. The Hall–Kier alpha value is -3.67. The summed E-state index contributed by atoms with van der Waals surface area (Å²) in [5.41, 5.74) is 5.12. The molecule has 1 aromatic heterocycles. The van der Waals surface area contributed by atoms with Crippen molar-refractivity contribution in [3.8, 4) is 5.75 Å². The molecule has 0 radical (unpaired) electrons. The molecule has 0 spiro atoms. The van der Waals surface area contributed by atoms with E-state index in [9.17, 15) is 4.79 Å². The highest BCUT2D eigenvalue weighted by atomic mass is 35.5. The van der Waals surface area contributed by atoms with Gasteiger partial charge in [0.2, 0.25) is 5.91 Å². The van der Waals surface area contributed by atoms with Crippen LogP contribution in [-0.2, 0) is 11.4 Å². The molecule has 1 aliphatic rings. The number of carbonyl (C=O) groups excluding carboxylic acids is 1. The van der Waals surface area contributed by atoms with Gasteiger partial charge < -0.3 is 15.4 Å². The summed E-state index contributed by atoms with van der Waals surface area (Å²) in [6.45, 7) is 1.70. The molecular weight excluding hydrogens is 458 g/mol. The van der Waals surface area contributed by atoms with E-state index < -0.39 is 0 Å². The molecule has 0 aliphatic carbocycles. The summed E-state index contributed by atoms with van der Waals surface area (Å²) >= 11 is 6.06. The lowest BCUT2D eigenvalue weighted by atomic mass is 10.0. The Balaban J connectivity index is 1.29. The van der Waals surface area contributed by atoms with Crippen LogP contribution in [0.3, 0.4) is 0 Å². The summed E-state index contributed by atoms with van der Waals surface area (Å²) in [6.07, 6.45) is 2.65. The van der Waals surface area contributed by atoms with Gasteiger partial charge >= 0.3 is 0 Å². The number of aromatic nitrogens is 1. The van der Waals surface area contributed by atoms with E-state index in [1.165, 1.54) is 0 Å². The lowest BCUT2D eigenvalue weighted by Crippen LogP contribution is -2.32. The monoisotopic (exact) mass is 483 g/mol. The molecule has 1 unspecified atom stereocenters. The Labute approximate surface area is 209 Å². The van der Waals surface area contributed by atoms with Gasteiger partial charge in [-0.1, -0.05) is 60.1 Å². The van der Waals surface area contributed by atoms with E-state index in [-0.39, 0.29) is 11.9 Å². The number of carbonyl (C=O) groups is 1. The summed E-state index contributed by atoms with van der Waals surface area (Å²) in [5.74, 6) is 0.876. The molecule has 1 amide bonds. The minimum absolute atomic E-state index is 0.0909. The molecule has 1 atom stereocenters. The van der Waals surface area contributed by atoms with Crippen LogP contribution < -0.4 is 15.4 Å². The molecular formula is C29H26ClN3O2. The van der Waals surface area contributed by atoms with Crippen molar-refractivity contribution < 1.29 is 9.53 Å². The van der Waals surface area contributed by atoms with Gasteiger partial charge in [0.25, 0.3) is 0 Å². The third-order valence-corrected chi connectivity index (χ3v) is 6.29. The fourth-order valence-corrected chi connectivity index (χ4v) is 4.24. The molecule has 5 rings (SSSR count). The number of pyridine rings is 1. The average molecular weight is 484 g/mol. The lowest BCUT2D eigenvalue weighted by Gasteiger charge is -2.15. The molecule has 35 heavy (non-hydrogen) atoms. The number of halogens is 1. The maximum Gasteiger partial charge on any atom is 0.221 e. The fraction of sp³-hybridized carbons (Fsp3) is 0.172. The third-order valence-electron chi connectivity index (χ3n) is 6.04. The van der Waals surface area contributed by atoms with E-state index in [1.807, 2.05) is 60.7 Å². The van der Waals surface area contributed by atoms with Crippen molar-refractivity contribution in [2.45, 2.75) is 19.1 Å². The second-order valence-electron chi connectivity index (χ2n) is 8.62. The van der Waals surface area contributed by atoms with Gasteiger partial charge in [0.15, 0.2) is 0 Å². The standard InChI is InChI=1S/C29H26ClN3O2/c30-24-10-5-20(6-11-24)15-23(17-31-26-16-29(34)32-18-26)21-8-13-27(14-9-21)35-19-25-12-7-22-3-1-2-4-28(22)33-25/h1-15,26,31H,16-19H2,(H,32,34). The molecule has 2 heterocycles. The molecule has 5 nitrogen and oxygen atoms in total. The highest BCUT2D eigenvalue weighted by Crippen LogP contribution is 2.23. The van der Waals surface area contributed by atoms with Gasteiger partial charge in [-0.15, -0.1) is 0 Å². The summed E-state index contributed by atoms with van der Waals surface area (Å²) in [7, 11) is 0. The molecule has 4 aromatic rings. The van der Waals surface area contributed by atoms with Gasteiger partial charge in [-0.25, -0.2) is 4.98 Å².